The summed E-state index contributed by atoms with van der Waals surface area (Å²) >= 11 is 0. The minimum absolute atomic E-state index is 0.0220. The summed E-state index contributed by atoms with van der Waals surface area (Å²) in [6, 6.07) is 0. The summed E-state index contributed by atoms with van der Waals surface area (Å²) in [4.78, 5) is 0. The van der Waals surface area contributed by atoms with Crippen molar-refractivity contribution in [2.75, 3.05) is 13.1 Å². The highest BCUT2D eigenvalue weighted by atomic mass is 16.3. The molecular formula is C9H17NO. The van der Waals surface area contributed by atoms with Crippen LogP contribution < -0.4 is 5.32 Å². The summed E-state index contributed by atoms with van der Waals surface area (Å²) in [6.07, 6.45) is 2.21. The first-order valence-corrected chi connectivity index (χ1v) is 4.68. The first kappa shape index (κ1) is 7.56. The Hall–Kier alpha value is -0.0800. The van der Waals surface area contributed by atoms with Gasteiger partial charge in [0.25, 0.3) is 0 Å². The second-order valence-corrected chi connectivity index (χ2v) is 4.11. The van der Waals surface area contributed by atoms with E-state index in [1.54, 1.807) is 0 Å². The normalized spacial score (nSPS) is 50.7. The molecule has 0 bridgehead atoms. The molecule has 2 aliphatic rings. The minimum Gasteiger partial charge on any atom is -0.393 e. The number of aliphatic hydroxyl groups is 1. The minimum atomic E-state index is -0.0220. The zero-order chi connectivity index (χ0) is 7.84. The van der Waals surface area contributed by atoms with Crippen LogP contribution in [0.5, 0.6) is 0 Å². The van der Waals surface area contributed by atoms with E-state index in [9.17, 15) is 5.11 Å². The topological polar surface area (TPSA) is 32.3 Å². The van der Waals surface area contributed by atoms with E-state index in [2.05, 4.69) is 12.2 Å². The molecule has 1 saturated heterocycles. The molecule has 2 N–H and O–H groups in total. The largest absolute Gasteiger partial charge is 0.393 e. The molecule has 1 saturated carbocycles. The van der Waals surface area contributed by atoms with E-state index in [1.165, 1.54) is 6.42 Å². The van der Waals surface area contributed by atoms with Gasteiger partial charge >= 0.3 is 0 Å². The van der Waals surface area contributed by atoms with Crippen molar-refractivity contribution in [1.82, 2.24) is 5.32 Å². The van der Waals surface area contributed by atoms with Crippen LogP contribution >= 0.6 is 0 Å². The van der Waals surface area contributed by atoms with Crippen LogP contribution in [0.1, 0.15) is 19.8 Å². The summed E-state index contributed by atoms with van der Waals surface area (Å²) in [7, 11) is 0. The lowest BCUT2D eigenvalue weighted by atomic mass is 9.73. The number of fused-ring (bicyclic) bond motifs is 1. The van der Waals surface area contributed by atoms with E-state index in [4.69, 9.17) is 0 Å². The van der Waals surface area contributed by atoms with Crippen molar-refractivity contribution in [1.29, 1.82) is 0 Å². The Balaban J connectivity index is 2.08. The lowest BCUT2D eigenvalue weighted by Gasteiger charge is -2.34. The molecule has 4 atom stereocenters. The summed E-state index contributed by atoms with van der Waals surface area (Å²) in [5, 5.41) is 13.0. The Bertz CT molecular complexity index is 132. The van der Waals surface area contributed by atoms with Crippen molar-refractivity contribution in [2.24, 2.45) is 17.8 Å². The van der Waals surface area contributed by atoms with Gasteiger partial charge in [-0.1, -0.05) is 6.92 Å². The van der Waals surface area contributed by atoms with E-state index in [0.717, 1.165) is 31.3 Å². The molecule has 11 heavy (non-hydrogen) atoms. The molecule has 1 aliphatic heterocycles. The van der Waals surface area contributed by atoms with E-state index < -0.39 is 0 Å². The standard InChI is InChI=1S/C9H17NO/c1-6-2-3-9(11)8-5-10-4-7(6)8/h6-11H,2-5H2,1H3/t6-,7?,8+,9?/m1/s1. The second-order valence-electron chi connectivity index (χ2n) is 4.11. The van der Waals surface area contributed by atoms with Crippen LogP contribution in [0.2, 0.25) is 0 Å². The van der Waals surface area contributed by atoms with Crippen molar-refractivity contribution in [3.63, 3.8) is 0 Å². The zero-order valence-corrected chi connectivity index (χ0v) is 7.09. The number of aliphatic hydroxyl groups excluding tert-OH is 1. The number of rotatable bonds is 0. The molecule has 0 aromatic rings. The molecule has 2 rings (SSSR count). The highest BCUT2D eigenvalue weighted by molar-refractivity contribution is 4.92. The van der Waals surface area contributed by atoms with Crippen molar-refractivity contribution >= 4 is 0 Å². The molecule has 1 heterocycles. The first-order chi connectivity index (χ1) is 5.29. The fourth-order valence-corrected chi connectivity index (χ4v) is 2.63. The van der Waals surface area contributed by atoms with Crippen LogP contribution in [0.3, 0.4) is 0 Å². The molecule has 0 amide bonds. The molecule has 64 valence electrons. The van der Waals surface area contributed by atoms with Gasteiger partial charge in [-0.25, -0.2) is 0 Å². The Morgan fingerprint density at radius 2 is 1.91 bits per heavy atom. The molecule has 2 fully saturated rings. The third kappa shape index (κ3) is 1.18. The summed E-state index contributed by atoms with van der Waals surface area (Å²) in [5.41, 5.74) is 0. The molecule has 0 aromatic carbocycles. The molecule has 0 spiro atoms. The fraction of sp³-hybridized carbons (Fsp3) is 1.00. The Morgan fingerprint density at radius 1 is 1.18 bits per heavy atom. The van der Waals surface area contributed by atoms with Crippen LogP contribution in [0.4, 0.5) is 0 Å². The van der Waals surface area contributed by atoms with Gasteiger partial charge < -0.3 is 10.4 Å². The summed E-state index contributed by atoms with van der Waals surface area (Å²) in [6.45, 7) is 4.48. The van der Waals surface area contributed by atoms with Crippen LogP contribution in [-0.2, 0) is 0 Å². The fourth-order valence-electron chi connectivity index (χ4n) is 2.63. The van der Waals surface area contributed by atoms with Gasteiger partial charge in [-0.2, -0.15) is 0 Å². The maximum atomic E-state index is 9.66. The van der Waals surface area contributed by atoms with Crippen LogP contribution in [0.15, 0.2) is 0 Å². The molecule has 0 aromatic heterocycles. The highest BCUT2D eigenvalue weighted by Gasteiger charge is 2.39. The monoisotopic (exact) mass is 155 g/mol. The summed E-state index contributed by atoms with van der Waals surface area (Å²) < 4.78 is 0. The van der Waals surface area contributed by atoms with E-state index in [0.29, 0.717) is 5.92 Å². The molecule has 0 radical (unpaired) electrons. The van der Waals surface area contributed by atoms with Gasteiger partial charge in [-0.15, -0.1) is 0 Å². The molecule has 1 aliphatic carbocycles. The van der Waals surface area contributed by atoms with Gasteiger partial charge in [0.05, 0.1) is 6.10 Å². The molecule has 2 unspecified atom stereocenters. The van der Waals surface area contributed by atoms with Gasteiger partial charge in [-0.05, 0) is 31.2 Å². The number of nitrogens with one attached hydrogen (secondary N) is 1. The lowest BCUT2D eigenvalue weighted by molar-refractivity contribution is 0.0320. The highest BCUT2D eigenvalue weighted by Crippen LogP contribution is 2.36. The van der Waals surface area contributed by atoms with Gasteiger partial charge in [0.15, 0.2) is 0 Å². The van der Waals surface area contributed by atoms with E-state index >= 15 is 0 Å². The van der Waals surface area contributed by atoms with E-state index in [-0.39, 0.29) is 6.10 Å². The Labute approximate surface area is 68.0 Å². The average Bonchev–Trinajstić information content (AvgIpc) is 2.45. The smallest absolute Gasteiger partial charge is 0.0583 e. The van der Waals surface area contributed by atoms with Crippen LogP contribution in [-0.4, -0.2) is 24.3 Å². The average molecular weight is 155 g/mol. The first-order valence-electron chi connectivity index (χ1n) is 4.68. The van der Waals surface area contributed by atoms with Gasteiger partial charge in [-0.3, -0.25) is 0 Å². The SMILES string of the molecule is C[C@@H]1CCC(O)[C@H]2CNCC21. The van der Waals surface area contributed by atoms with Crippen molar-refractivity contribution in [2.45, 2.75) is 25.9 Å². The van der Waals surface area contributed by atoms with Crippen molar-refractivity contribution < 1.29 is 5.11 Å². The third-order valence-electron chi connectivity index (χ3n) is 3.45. The third-order valence-corrected chi connectivity index (χ3v) is 3.45. The second kappa shape index (κ2) is 2.76. The Morgan fingerprint density at radius 3 is 2.64 bits per heavy atom. The Kier molecular flexibility index (Phi) is 1.90. The zero-order valence-electron chi connectivity index (χ0n) is 7.09. The van der Waals surface area contributed by atoms with Gasteiger partial charge in [0.1, 0.15) is 0 Å². The molecule has 2 nitrogen and oxygen atoms in total. The summed E-state index contributed by atoms with van der Waals surface area (Å²) in [5.74, 6) is 2.12. The quantitative estimate of drug-likeness (QED) is 0.537. The molecular weight excluding hydrogens is 138 g/mol. The maximum Gasteiger partial charge on any atom is 0.0583 e. The lowest BCUT2D eigenvalue weighted by Crippen LogP contribution is -2.35. The predicted molar refractivity (Wildman–Crippen MR) is 44.3 cm³/mol. The predicted octanol–water partition coefficient (Wildman–Crippen LogP) is 0.613. The number of hydrogen-bond acceptors (Lipinski definition) is 2. The van der Waals surface area contributed by atoms with Gasteiger partial charge in [0.2, 0.25) is 0 Å². The van der Waals surface area contributed by atoms with Crippen molar-refractivity contribution in [3.05, 3.63) is 0 Å². The maximum absolute atomic E-state index is 9.66. The van der Waals surface area contributed by atoms with Crippen LogP contribution in [0.25, 0.3) is 0 Å². The molecule has 2 heteroatoms. The van der Waals surface area contributed by atoms with Crippen LogP contribution in [0, 0.1) is 17.8 Å². The van der Waals surface area contributed by atoms with Crippen molar-refractivity contribution in [3.8, 4) is 0 Å². The number of hydrogen-bond donors (Lipinski definition) is 2. The van der Waals surface area contributed by atoms with Gasteiger partial charge in [0, 0.05) is 12.5 Å². The van der Waals surface area contributed by atoms with E-state index in [1.807, 2.05) is 0 Å².